The van der Waals surface area contributed by atoms with Crippen LogP contribution >= 0.6 is 27.7 Å². The Hall–Kier alpha value is -1.99. The Morgan fingerprint density at radius 3 is 2.92 bits per heavy atom. The summed E-state index contributed by atoms with van der Waals surface area (Å²) in [6, 6.07) is 13.1. The van der Waals surface area contributed by atoms with Crippen LogP contribution in [0.2, 0.25) is 0 Å². The second-order valence-electron chi connectivity index (χ2n) is 4.84. The van der Waals surface area contributed by atoms with Crippen molar-refractivity contribution in [3.8, 4) is 5.75 Å². The van der Waals surface area contributed by atoms with Crippen LogP contribution in [0.15, 0.2) is 58.3 Å². The molecule has 0 amide bonds. The molecule has 0 aliphatic carbocycles. The number of imidazole rings is 1. The van der Waals surface area contributed by atoms with E-state index >= 15 is 0 Å². The minimum atomic E-state index is -0.447. The highest BCUT2D eigenvalue weighted by molar-refractivity contribution is 9.10. The predicted octanol–water partition coefficient (Wildman–Crippen LogP) is 4.05. The van der Waals surface area contributed by atoms with Gasteiger partial charge in [-0.05, 0) is 36.6 Å². The van der Waals surface area contributed by atoms with Crippen molar-refractivity contribution in [2.45, 2.75) is 5.16 Å². The van der Waals surface area contributed by atoms with Crippen molar-refractivity contribution >= 4 is 39.2 Å². The zero-order chi connectivity index (χ0) is 16.9. The highest BCUT2D eigenvalue weighted by atomic mass is 79.9. The van der Waals surface area contributed by atoms with Crippen LogP contribution in [-0.4, -0.2) is 34.8 Å². The number of halogens is 1. The molecule has 0 saturated heterocycles. The number of carbonyl (C=O) groups is 1. The van der Waals surface area contributed by atoms with Crippen LogP contribution in [0, 0.1) is 0 Å². The van der Waals surface area contributed by atoms with Crippen molar-refractivity contribution in [3.63, 3.8) is 0 Å². The van der Waals surface area contributed by atoms with E-state index in [0.717, 1.165) is 20.9 Å². The Bertz CT molecular complexity index is 866. The lowest BCUT2D eigenvalue weighted by Crippen LogP contribution is -2.13. The first kappa shape index (κ1) is 16.9. The zero-order valence-electron chi connectivity index (χ0n) is 12.9. The van der Waals surface area contributed by atoms with Gasteiger partial charge in [-0.2, -0.15) is 0 Å². The van der Waals surface area contributed by atoms with Crippen LogP contribution in [0.5, 0.6) is 5.75 Å². The number of esters is 1. The topological polar surface area (TPSA) is 52.8 Å². The SMILES string of the molecule is CSc1nc(C(=O)OCCOc2cccc(Br)c2)c2ccccn12. The number of ether oxygens (including phenoxy) is 2. The maximum atomic E-state index is 12.3. The first-order valence-corrected chi connectivity index (χ1v) is 9.27. The summed E-state index contributed by atoms with van der Waals surface area (Å²) >= 11 is 4.86. The molecule has 2 heterocycles. The summed E-state index contributed by atoms with van der Waals surface area (Å²) in [5.74, 6) is 0.273. The van der Waals surface area contributed by atoms with E-state index in [2.05, 4.69) is 20.9 Å². The number of hydrogen-bond acceptors (Lipinski definition) is 5. The number of carbonyl (C=O) groups excluding carboxylic acids is 1. The fourth-order valence-corrected chi connectivity index (χ4v) is 3.14. The Morgan fingerprint density at radius 2 is 2.12 bits per heavy atom. The molecular formula is C17H15BrN2O3S. The van der Waals surface area contributed by atoms with E-state index in [0.29, 0.717) is 5.69 Å². The molecule has 0 bridgehead atoms. The highest BCUT2D eigenvalue weighted by Crippen LogP contribution is 2.21. The number of fused-ring (bicyclic) bond motifs is 1. The Morgan fingerprint density at radius 1 is 1.25 bits per heavy atom. The molecule has 2 aromatic heterocycles. The lowest BCUT2D eigenvalue weighted by molar-refractivity contribution is 0.0446. The van der Waals surface area contributed by atoms with E-state index in [1.54, 1.807) is 0 Å². The normalized spacial score (nSPS) is 10.8. The van der Waals surface area contributed by atoms with Gasteiger partial charge in [-0.15, -0.1) is 0 Å². The molecule has 5 nitrogen and oxygen atoms in total. The Balaban J connectivity index is 1.61. The van der Waals surface area contributed by atoms with Crippen molar-refractivity contribution in [1.29, 1.82) is 0 Å². The third-order valence-electron chi connectivity index (χ3n) is 3.27. The van der Waals surface area contributed by atoms with Gasteiger partial charge in [0.15, 0.2) is 10.9 Å². The van der Waals surface area contributed by atoms with Crippen molar-refractivity contribution in [2.24, 2.45) is 0 Å². The van der Waals surface area contributed by atoms with Gasteiger partial charge in [0.25, 0.3) is 0 Å². The smallest absolute Gasteiger partial charge is 0.359 e. The molecule has 0 radical (unpaired) electrons. The van der Waals surface area contributed by atoms with Crippen LogP contribution in [0.3, 0.4) is 0 Å². The minimum Gasteiger partial charge on any atom is -0.490 e. The molecule has 3 aromatic rings. The quantitative estimate of drug-likeness (QED) is 0.351. The molecular weight excluding hydrogens is 392 g/mol. The van der Waals surface area contributed by atoms with Crippen LogP contribution in [0.25, 0.3) is 5.52 Å². The summed E-state index contributed by atoms with van der Waals surface area (Å²) in [5.41, 5.74) is 1.06. The minimum absolute atomic E-state index is 0.159. The van der Waals surface area contributed by atoms with E-state index < -0.39 is 5.97 Å². The van der Waals surface area contributed by atoms with Gasteiger partial charge in [0.1, 0.15) is 19.0 Å². The van der Waals surface area contributed by atoms with Gasteiger partial charge >= 0.3 is 5.97 Å². The Labute approximate surface area is 152 Å². The zero-order valence-corrected chi connectivity index (χ0v) is 15.3. The van der Waals surface area contributed by atoms with Crippen LogP contribution < -0.4 is 4.74 Å². The van der Waals surface area contributed by atoms with Crippen molar-refractivity contribution in [3.05, 3.63) is 58.8 Å². The van der Waals surface area contributed by atoms with E-state index in [1.807, 2.05) is 59.3 Å². The second kappa shape index (κ2) is 7.72. The number of aromatic nitrogens is 2. The molecule has 124 valence electrons. The molecule has 0 saturated carbocycles. The molecule has 0 aliphatic rings. The van der Waals surface area contributed by atoms with E-state index in [9.17, 15) is 4.79 Å². The van der Waals surface area contributed by atoms with Gasteiger partial charge in [-0.3, -0.25) is 4.40 Å². The highest BCUT2D eigenvalue weighted by Gasteiger charge is 2.18. The summed E-state index contributed by atoms with van der Waals surface area (Å²) in [7, 11) is 0. The number of hydrogen-bond donors (Lipinski definition) is 0. The first-order chi connectivity index (χ1) is 11.7. The van der Waals surface area contributed by atoms with Gasteiger partial charge in [-0.1, -0.05) is 39.8 Å². The second-order valence-corrected chi connectivity index (χ2v) is 6.53. The lowest BCUT2D eigenvalue weighted by atomic mass is 10.3. The van der Waals surface area contributed by atoms with Crippen molar-refractivity contribution in [2.75, 3.05) is 19.5 Å². The van der Waals surface area contributed by atoms with Crippen LogP contribution in [-0.2, 0) is 4.74 Å². The number of thioether (sulfide) groups is 1. The molecule has 0 unspecified atom stereocenters. The summed E-state index contributed by atoms with van der Waals surface area (Å²) in [4.78, 5) is 16.6. The molecule has 3 rings (SSSR count). The third kappa shape index (κ3) is 3.73. The average molecular weight is 407 g/mol. The summed E-state index contributed by atoms with van der Waals surface area (Å²) < 4.78 is 13.6. The summed E-state index contributed by atoms with van der Waals surface area (Å²) in [6.07, 6.45) is 3.80. The monoisotopic (exact) mass is 406 g/mol. The number of benzene rings is 1. The van der Waals surface area contributed by atoms with E-state index in [1.165, 1.54) is 11.8 Å². The molecule has 0 spiro atoms. The van der Waals surface area contributed by atoms with Crippen LogP contribution in [0.4, 0.5) is 0 Å². The molecule has 7 heteroatoms. The maximum Gasteiger partial charge on any atom is 0.359 e. The number of rotatable bonds is 6. The number of nitrogens with zero attached hydrogens (tertiary/aromatic N) is 2. The fourth-order valence-electron chi connectivity index (χ4n) is 2.22. The van der Waals surface area contributed by atoms with Gasteiger partial charge < -0.3 is 9.47 Å². The molecule has 0 N–H and O–H groups in total. The third-order valence-corrected chi connectivity index (χ3v) is 4.42. The standard InChI is InChI=1S/C17H15BrN2O3S/c1-24-17-19-15(14-7-2-3-8-20(14)17)16(21)23-10-9-22-13-6-4-5-12(18)11-13/h2-8,11H,9-10H2,1H3. The molecule has 0 atom stereocenters. The van der Waals surface area contributed by atoms with E-state index in [-0.39, 0.29) is 13.2 Å². The molecule has 1 aromatic carbocycles. The summed E-state index contributed by atoms with van der Waals surface area (Å²) in [6.45, 7) is 0.440. The first-order valence-electron chi connectivity index (χ1n) is 7.25. The lowest BCUT2D eigenvalue weighted by Gasteiger charge is -2.07. The Kier molecular flexibility index (Phi) is 5.42. The van der Waals surface area contributed by atoms with E-state index in [4.69, 9.17) is 9.47 Å². The van der Waals surface area contributed by atoms with Gasteiger partial charge in [0.05, 0.1) is 5.52 Å². The summed E-state index contributed by atoms with van der Waals surface area (Å²) in [5, 5.41) is 0.753. The van der Waals surface area contributed by atoms with Crippen molar-refractivity contribution in [1.82, 2.24) is 9.38 Å². The fraction of sp³-hybridized carbons (Fsp3) is 0.176. The molecule has 0 aliphatic heterocycles. The van der Waals surface area contributed by atoms with Crippen LogP contribution in [0.1, 0.15) is 10.5 Å². The maximum absolute atomic E-state index is 12.3. The molecule has 24 heavy (non-hydrogen) atoms. The molecule has 0 fully saturated rings. The predicted molar refractivity (Wildman–Crippen MR) is 96.9 cm³/mol. The average Bonchev–Trinajstić information content (AvgIpc) is 2.97. The van der Waals surface area contributed by atoms with Gasteiger partial charge in [0, 0.05) is 10.7 Å². The largest absolute Gasteiger partial charge is 0.490 e. The van der Waals surface area contributed by atoms with Crippen molar-refractivity contribution < 1.29 is 14.3 Å². The van der Waals surface area contributed by atoms with Gasteiger partial charge in [0.2, 0.25) is 0 Å². The van der Waals surface area contributed by atoms with Gasteiger partial charge in [-0.25, -0.2) is 9.78 Å². The number of pyridine rings is 1.